The number of aromatic nitrogens is 1. The van der Waals surface area contributed by atoms with Crippen molar-refractivity contribution in [1.29, 1.82) is 0 Å². The Morgan fingerprint density at radius 3 is 2.48 bits per heavy atom. The van der Waals surface area contributed by atoms with Gasteiger partial charge in [-0.1, -0.05) is 12.0 Å². The minimum Gasteiger partial charge on any atom is -0.495 e. The van der Waals surface area contributed by atoms with Crippen molar-refractivity contribution in [3.05, 3.63) is 48.2 Å². The first kappa shape index (κ1) is 33.0. The predicted molar refractivity (Wildman–Crippen MR) is 163 cm³/mol. The molecule has 0 spiro atoms. The molecule has 238 valence electrons. The Labute approximate surface area is 254 Å². The molecule has 10 nitrogen and oxygen atoms in total. The molecule has 14 heteroatoms. The third-order valence-electron chi connectivity index (χ3n) is 7.67. The maximum atomic E-state index is 13.6. The van der Waals surface area contributed by atoms with Crippen LogP contribution in [0.5, 0.6) is 5.75 Å². The molecule has 4 rings (SSSR count). The van der Waals surface area contributed by atoms with Gasteiger partial charge in [0.05, 0.1) is 41.1 Å². The molecule has 1 aliphatic carbocycles. The number of amides is 2. The van der Waals surface area contributed by atoms with Crippen molar-refractivity contribution >= 4 is 38.1 Å². The van der Waals surface area contributed by atoms with Gasteiger partial charge in [0.2, 0.25) is 0 Å². The Kier molecular flexibility index (Phi) is 9.72. The number of carbonyl (C=O) groups is 1. The molecule has 1 saturated carbocycles. The number of aliphatic hydroxyl groups is 1. The Bertz CT molecular complexity index is 1680. The first-order chi connectivity index (χ1) is 20.6. The monoisotopic (exact) mass is 635 g/mol. The first-order valence-electron chi connectivity index (χ1n) is 13.9. The fraction of sp³-hybridized carbons (Fsp3) is 0.433. The van der Waals surface area contributed by atoms with Crippen molar-refractivity contribution in [2.24, 2.45) is 0 Å². The highest BCUT2D eigenvalue weighted by Gasteiger charge is 2.35. The highest BCUT2D eigenvalue weighted by atomic mass is 32.2. The summed E-state index contributed by atoms with van der Waals surface area (Å²) in [6.07, 6.45) is -1.29. The maximum Gasteiger partial charge on any atom is 0.406 e. The Hall–Kier alpha value is -3.93. The van der Waals surface area contributed by atoms with E-state index < -0.39 is 34.3 Å². The smallest absolute Gasteiger partial charge is 0.406 e. The van der Waals surface area contributed by atoms with Crippen molar-refractivity contribution in [2.75, 3.05) is 44.6 Å². The minimum atomic E-state index is -4.52. The molecule has 1 fully saturated rings. The third-order valence-corrected chi connectivity index (χ3v) is 8.78. The van der Waals surface area contributed by atoms with Crippen LogP contribution in [-0.2, 0) is 16.4 Å². The van der Waals surface area contributed by atoms with Crippen LogP contribution in [0, 0.1) is 11.8 Å². The highest BCUT2D eigenvalue weighted by molar-refractivity contribution is 7.90. The average molecular weight is 636 g/mol. The average Bonchev–Trinajstić information content (AvgIpc) is 3.28. The van der Waals surface area contributed by atoms with E-state index in [1.54, 1.807) is 31.1 Å². The van der Waals surface area contributed by atoms with Crippen molar-refractivity contribution in [3.63, 3.8) is 0 Å². The Morgan fingerprint density at radius 1 is 1.16 bits per heavy atom. The number of nitrogens with one attached hydrogen (secondary N) is 3. The zero-order valence-electron chi connectivity index (χ0n) is 24.9. The number of fused-ring (bicyclic) bond motifs is 1. The summed E-state index contributed by atoms with van der Waals surface area (Å²) in [5, 5.41) is 19.7. The first-order valence-corrected chi connectivity index (χ1v) is 15.8. The zero-order chi connectivity index (χ0) is 32.3. The number of hydrogen-bond donors (Lipinski definition) is 4. The van der Waals surface area contributed by atoms with Crippen LogP contribution < -0.4 is 20.7 Å². The molecule has 1 heterocycles. The van der Waals surface area contributed by atoms with Crippen molar-refractivity contribution in [3.8, 4) is 17.6 Å². The number of benzene rings is 2. The lowest BCUT2D eigenvalue weighted by molar-refractivity contribution is -0.140. The number of hydrogen-bond acceptors (Lipinski definition) is 7. The summed E-state index contributed by atoms with van der Waals surface area (Å²) >= 11 is 0. The molecule has 0 aliphatic heterocycles. The van der Waals surface area contributed by atoms with Gasteiger partial charge in [0.1, 0.15) is 18.0 Å². The van der Waals surface area contributed by atoms with E-state index in [1.165, 1.54) is 37.4 Å². The van der Waals surface area contributed by atoms with Gasteiger partial charge in [0.15, 0.2) is 9.84 Å². The van der Waals surface area contributed by atoms with Gasteiger partial charge >= 0.3 is 12.2 Å². The molecule has 2 amide bonds. The normalized spacial score (nSPS) is 18.9. The molecule has 1 aromatic heterocycles. The SMILES string of the molecule is COc1cc(S(C)(=O)=O)ccc1NCC#Cc1cc2c(NC(=O)NC3CCC(O)(N(C)C)CC3)cccc2n1CC(F)(F)F. The number of urea groups is 1. The summed E-state index contributed by atoms with van der Waals surface area (Å²) < 4.78 is 70.7. The fourth-order valence-corrected chi connectivity index (χ4v) is 5.82. The fourth-order valence-electron chi connectivity index (χ4n) is 5.18. The molecule has 0 radical (unpaired) electrons. The second kappa shape index (κ2) is 13.0. The molecular weight excluding hydrogens is 599 g/mol. The van der Waals surface area contributed by atoms with Crippen molar-refractivity contribution in [2.45, 2.75) is 55.1 Å². The van der Waals surface area contributed by atoms with E-state index in [9.17, 15) is 31.5 Å². The van der Waals surface area contributed by atoms with Crippen LogP contribution in [0.3, 0.4) is 0 Å². The Morgan fingerprint density at radius 2 is 1.86 bits per heavy atom. The number of sulfone groups is 1. The zero-order valence-corrected chi connectivity index (χ0v) is 25.7. The van der Waals surface area contributed by atoms with Gasteiger partial charge < -0.3 is 30.4 Å². The number of rotatable bonds is 8. The number of anilines is 2. The summed E-state index contributed by atoms with van der Waals surface area (Å²) in [6.45, 7) is -1.25. The van der Waals surface area contributed by atoms with Gasteiger partial charge in [-0.25, -0.2) is 13.2 Å². The molecule has 0 atom stereocenters. The second-order valence-electron chi connectivity index (χ2n) is 11.0. The van der Waals surface area contributed by atoms with Crippen LogP contribution in [0.1, 0.15) is 31.4 Å². The molecule has 3 aromatic rings. The van der Waals surface area contributed by atoms with Crippen LogP contribution in [0.25, 0.3) is 10.9 Å². The van der Waals surface area contributed by atoms with Gasteiger partial charge in [-0.3, -0.25) is 4.90 Å². The van der Waals surface area contributed by atoms with E-state index in [2.05, 4.69) is 27.8 Å². The largest absolute Gasteiger partial charge is 0.495 e. The number of ether oxygens (including phenoxy) is 1. The summed E-state index contributed by atoms with van der Waals surface area (Å²) in [5.41, 5.74) is 0.238. The number of methoxy groups -OCH3 is 1. The maximum absolute atomic E-state index is 13.6. The van der Waals surface area contributed by atoms with Crippen LogP contribution >= 0.6 is 0 Å². The van der Waals surface area contributed by atoms with Gasteiger partial charge in [-0.05, 0) is 76.0 Å². The van der Waals surface area contributed by atoms with Gasteiger partial charge in [-0.2, -0.15) is 13.2 Å². The molecular formula is C30H36F3N5O5S. The van der Waals surface area contributed by atoms with Gasteiger partial charge in [0.25, 0.3) is 0 Å². The van der Waals surface area contributed by atoms with Crippen LogP contribution in [-0.4, -0.2) is 81.0 Å². The number of alkyl halides is 3. The predicted octanol–water partition coefficient (Wildman–Crippen LogP) is 4.39. The van der Waals surface area contributed by atoms with Crippen LogP contribution in [0.4, 0.5) is 29.3 Å². The molecule has 4 N–H and O–H groups in total. The lowest BCUT2D eigenvalue weighted by Gasteiger charge is -2.40. The summed E-state index contributed by atoms with van der Waals surface area (Å²) in [6, 6.07) is 9.87. The molecule has 0 saturated heterocycles. The summed E-state index contributed by atoms with van der Waals surface area (Å²) in [5.74, 6) is 5.88. The minimum absolute atomic E-state index is 0.0278. The van der Waals surface area contributed by atoms with Crippen molar-refractivity contribution in [1.82, 2.24) is 14.8 Å². The molecule has 0 unspecified atom stereocenters. The van der Waals surface area contributed by atoms with E-state index in [4.69, 9.17) is 4.74 Å². The lowest BCUT2D eigenvalue weighted by Crippen LogP contribution is -2.51. The Balaban J connectivity index is 1.53. The van der Waals surface area contributed by atoms with Crippen molar-refractivity contribution < 1.29 is 36.2 Å². The van der Waals surface area contributed by atoms with E-state index in [1.807, 2.05) is 0 Å². The van der Waals surface area contributed by atoms with Crippen LogP contribution in [0.2, 0.25) is 0 Å². The van der Waals surface area contributed by atoms with E-state index in [0.29, 0.717) is 42.4 Å². The van der Waals surface area contributed by atoms with Gasteiger partial charge in [-0.15, -0.1) is 0 Å². The standard InChI is InChI=1S/C30H36F3N5O5S/c1-37(2)29(40)14-12-20(13-15-29)35-28(39)36-24-8-5-9-26-23(24)17-21(38(26)19-30(31,32)33)7-6-16-34-25-11-10-22(44(4,41)42)18-27(25)43-3/h5,8-11,17-18,20,34,40H,12-16,19H2,1-4H3,(H2,35,36,39). The third kappa shape index (κ3) is 7.96. The summed E-state index contributed by atoms with van der Waals surface area (Å²) in [7, 11) is 1.56. The molecule has 0 bridgehead atoms. The lowest BCUT2D eigenvalue weighted by atomic mass is 9.87. The molecule has 44 heavy (non-hydrogen) atoms. The quantitative estimate of drug-likeness (QED) is 0.214. The van der Waals surface area contributed by atoms with Crippen LogP contribution in [0.15, 0.2) is 47.4 Å². The molecule has 1 aliphatic rings. The number of nitrogens with zero attached hydrogens (tertiary/aromatic N) is 2. The molecule has 2 aromatic carbocycles. The topological polar surface area (TPSA) is 125 Å². The second-order valence-corrected chi connectivity index (χ2v) is 13.0. The van der Waals surface area contributed by atoms with E-state index >= 15 is 0 Å². The van der Waals surface area contributed by atoms with E-state index in [-0.39, 0.29) is 34.4 Å². The van der Waals surface area contributed by atoms with E-state index in [0.717, 1.165) is 10.8 Å². The van der Waals surface area contributed by atoms with Gasteiger partial charge in [0, 0.05) is 23.8 Å². The highest BCUT2D eigenvalue weighted by Crippen LogP contribution is 2.32. The number of carbonyl (C=O) groups excluding carboxylic acids is 1. The summed E-state index contributed by atoms with van der Waals surface area (Å²) in [4.78, 5) is 14.7. The number of halogens is 3.